The molecule has 0 aliphatic carbocycles. The van der Waals surface area contributed by atoms with E-state index < -0.39 is 0 Å². The number of hydrogen-bond donors (Lipinski definition) is 0. The smallest absolute Gasteiger partial charge is 0.248 e. The second-order valence-corrected chi connectivity index (χ2v) is 2.89. The van der Waals surface area contributed by atoms with E-state index in [1.807, 2.05) is 17.8 Å². The Hall–Kier alpha value is -1.58. The first-order valence-electron chi connectivity index (χ1n) is 4.33. The van der Waals surface area contributed by atoms with Crippen LogP contribution in [0.25, 0.3) is 5.95 Å². The molecule has 0 atom stereocenters. The van der Waals surface area contributed by atoms with Crippen molar-refractivity contribution in [1.29, 1.82) is 0 Å². The summed E-state index contributed by atoms with van der Waals surface area (Å²) in [6.07, 6.45) is 6.58. The minimum absolute atomic E-state index is 0.724. The molecule has 2 rings (SSSR count). The van der Waals surface area contributed by atoms with E-state index in [2.05, 4.69) is 27.8 Å². The van der Waals surface area contributed by atoms with E-state index in [1.165, 1.54) is 5.69 Å². The Labute approximate surface area is 76.8 Å². The van der Waals surface area contributed by atoms with Gasteiger partial charge < -0.3 is 0 Å². The topological polar surface area (TPSA) is 35.6 Å². The van der Waals surface area contributed by atoms with Crippen molar-refractivity contribution >= 4 is 0 Å². The van der Waals surface area contributed by atoms with Crippen molar-refractivity contribution in [2.75, 3.05) is 0 Å². The molecule has 0 aliphatic rings. The van der Waals surface area contributed by atoms with Crippen molar-refractivity contribution in [3.05, 3.63) is 30.4 Å². The Morgan fingerprint density at radius 2 is 2.00 bits per heavy atom. The van der Waals surface area contributed by atoms with Gasteiger partial charge in [0.25, 0.3) is 0 Å². The zero-order valence-electron chi connectivity index (χ0n) is 7.81. The van der Waals surface area contributed by atoms with Crippen molar-refractivity contribution in [2.45, 2.75) is 13.3 Å². The predicted octanol–water partition coefficient (Wildman–Crippen LogP) is 1.17. The predicted molar refractivity (Wildman–Crippen MR) is 49.7 cm³/mol. The zero-order valence-corrected chi connectivity index (χ0v) is 7.81. The molecule has 0 radical (unpaired) electrons. The molecule has 0 aliphatic heterocycles. The number of rotatable bonds is 2. The van der Waals surface area contributed by atoms with Crippen molar-refractivity contribution in [2.24, 2.45) is 7.05 Å². The Morgan fingerprint density at radius 3 is 2.54 bits per heavy atom. The van der Waals surface area contributed by atoms with E-state index in [1.54, 1.807) is 12.4 Å². The molecule has 0 saturated carbocycles. The van der Waals surface area contributed by atoms with Crippen LogP contribution in [0.5, 0.6) is 0 Å². The first kappa shape index (κ1) is 8.04. The third-order valence-electron chi connectivity index (χ3n) is 2.13. The summed E-state index contributed by atoms with van der Waals surface area (Å²) < 4.78 is 3.98. The van der Waals surface area contributed by atoms with Crippen molar-refractivity contribution < 1.29 is 0 Å². The van der Waals surface area contributed by atoms with Gasteiger partial charge in [-0.1, -0.05) is 6.92 Å². The molecule has 0 saturated heterocycles. The van der Waals surface area contributed by atoms with Crippen molar-refractivity contribution in [3.8, 4) is 5.95 Å². The van der Waals surface area contributed by atoms with Gasteiger partial charge in [0.05, 0.1) is 11.9 Å². The van der Waals surface area contributed by atoms with Crippen LogP contribution in [0.3, 0.4) is 0 Å². The molecule has 4 heteroatoms. The normalized spacial score (nSPS) is 10.6. The van der Waals surface area contributed by atoms with Crippen LogP contribution < -0.4 is 0 Å². The molecule has 0 bridgehead atoms. The molecule has 0 N–H and O–H groups in total. The summed E-state index contributed by atoms with van der Waals surface area (Å²) in [4.78, 5) is 8.30. The van der Waals surface area contributed by atoms with Crippen LogP contribution >= 0.6 is 0 Å². The van der Waals surface area contributed by atoms with Crippen LogP contribution in [0.1, 0.15) is 12.6 Å². The number of hydrogen-bond acceptors (Lipinski definition) is 2. The quantitative estimate of drug-likeness (QED) is 0.688. The largest absolute Gasteiger partial charge is 0.284 e. The molecule has 2 aromatic heterocycles. The fraction of sp³-hybridized carbons (Fsp3) is 0.333. The van der Waals surface area contributed by atoms with Crippen LogP contribution in [0.2, 0.25) is 0 Å². The Morgan fingerprint density at radius 1 is 1.31 bits per heavy atom. The average molecular weight is 176 g/mol. The second kappa shape index (κ2) is 3.05. The van der Waals surface area contributed by atoms with Crippen molar-refractivity contribution in [3.63, 3.8) is 0 Å². The molecule has 0 fully saturated rings. The molecule has 0 unspecified atom stereocenters. The summed E-state index contributed by atoms with van der Waals surface area (Å²) in [6.45, 7) is 2.13. The van der Waals surface area contributed by atoms with Crippen LogP contribution in [-0.4, -0.2) is 19.3 Å². The average Bonchev–Trinajstić information content (AvgIpc) is 2.18. The molecule has 2 aromatic rings. The molecule has 13 heavy (non-hydrogen) atoms. The van der Waals surface area contributed by atoms with Gasteiger partial charge in [0.2, 0.25) is 5.95 Å². The van der Waals surface area contributed by atoms with Crippen LogP contribution in [-0.2, 0) is 13.5 Å². The van der Waals surface area contributed by atoms with Gasteiger partial charge in [-0.15, -0.1) is 0 Å². The van der Waals surface area contributed by atoms with E-state index in [0.29, 0.717) is 0 Å². The number of nitrogens with zero attached hydrogens (tertiary/aromatic N) is 4. The summed E-state index contributed by atoms with van der Waals surface area (Å²) in [7, 11) is 2.01. The van der Waals surface area contributed by atoms with Gasteiger partial charge in [-0.25, -0.2) is 14.6 Å². The van der Waals surface area contributed by atoms with Gasteiger partial charge in [-0.3, -0.25) is 4.68 Å². The standard InChI is InChI=1S/C9H12N4/c1-3-8-7-13(12(8)2)9-10-5-4-6-11-9/h4-7H,3H2,1-2H3. The molecule has 68 valence electrons. The highest BCUT2D eigenvalue weighted by Gasteiger charge is 2.07. The van der Waals surface area contributed by atoms with Crippen LogP contribution in [0.15, 0.2) is 24.7 Å². The second-order valence-electron chi connectivity index (χ2n) is 2.89. The SMILES string of the molecule is CCc1cn(-c2ncccn2)n1C. The molecular formula is C9H12N4. The Balaban J connectivity index is 2.34. The van der Waals surface area contributed by atoms with Crippen molar-refractivity contribution in [1.82, 2.24) is 19.3 Å². The van der Waals surface area contributed by atoms with E-state index in [9.17, 15) is 0 Å². The fourth-order valence-electron chi connectivity index (χ4n) is 1.32. The zero-order chi connectivity index (χ0) is 9.26. The summed E-state index contributed by atoms with van der Waals surface area (Å²) in [5.74, 6) is 0.724. The lowest BCUT2D eigenvalue weighted by Gasteiger charge is -2.20. The Kier molecular flexibility index (Phi) is 1.88. The monoisotopic (exact) mass is 176 g/mol. The van der Waals surface area contributed by atoms with E-state index in [4.69, 9.17) is 0 Å². The van der Waals surface area contributed by atoms with Gasteiger partial charge in [-0.2, -0.15) is 0 Å². The van der Waals surface area contributed by atoms with Gasteiger partial charge in [-0.05, 0) is 12.5 Å². The van der Waals surface area contributed by atoms with Gasteiger partial charge in [0, 0.05) is 19.4 Å². The number of aromatic nitrogens is 4. The van der Waals surface area contributed by atoms with Gasteiger partial charge in [0.1, 0.15) is 0 Å². The molecule has 2 heterocycles. The summed E-state index contributed by atoms with van der Waals surface area (Å²) in [5, 5.41) is 0. The maximum Gasteiger partial charge on any atom is 0.248 e. The maximum absolute atomic E-state index is 4.15. The van der Waals surface area contributed by atoms with Crippen LogP contribution in [0.4, 0.5) is 0 Å². The molecule has 4 nitrogen and oxygen atoms in total. The maximum atomic E-state index is 4.15. The highest BCUT2D eigenvalue weighted by molar-refractivity contribution is 5.14. The molecule has 0 aromatic carbocycles. The molecule has 0 amide bonds. The first-order chi connectivity index (χ1) is 6.33. The van der Waals surface area contributed by atoms with Gasteiger partial charge in [0.15, 0.2) is 0 Å². The Bertz CT molecular complexity index is 385. The molecular weight excluding hydrogens is 164 g/mol. The lowest BCUT2D eigenvalue weighted by atomic mass is 10.3. The lowest BCUT2D eigenvalue weighted by Crippen LogP contribution is -2.22. The third-order valence-corrected chi connectivity index (χ3v) is 2.13. The molecule has 0 spiro atoms. The van der Waals surface area contributed by atoms with Crippen LogP contribution in [0, 0.1) is 0 Å². The number of aryl methyl sites for hydroxylation is 1. The van der Waals surface area contributed by atoms with Gasteiger partial charge >= 0.3 is 0 Å². The third kappa shape index (κ3) is 1.24. The fourth-order valence-corrected chi connectivity index (χ4v) is 1.32. The lowest BCUT2D eigenvalue weighted by molar-refractivity contribution is 0.525. The highest BCUT2D eigenvalue weighted by Crippen LogP contribution is 2.08. The summed E-state index contributed by atoms with van der Waals surface area (Å²) in [6, 6.07) is 1.81. The van der Waals surface area contributed by atoms with E-state index in [0.717, 1.165) is 12.4 Å². The minimum atomic E-state index is 0.724. The summed E-state index contributed by atoms with van der Waals surface area (Å²) >= 11 is 0. The van der Waals surface area contributed by atoms with E-state index in [-0.39, 0.29) is 0 Å². The summed E-state index contributed by atoms with van der Waals surface area (Å²) in [5.41, 5.74) is 1.30. The first-order valence-corrected chi connectivity index (χ1v) is 4.33. The van der Waals surface area contributed by atoms with E-state index >= 15 is 0 Å². The minimum Gasteiger partial charge on any atom is -0.284 e. The highest BCUT2D eigenvalue weighted by atomic mass is 15.5.